The molecule has 0 saturated carbocycles. The fraction of sp³-hybridized carbons (Fsp3) is 0.562. The van der Waals surface area contributed by atoms with Gasteiger partial charge in [-0.3, -0.25) is 0 Å². The van der Waals surface area contributed by atoms with Crippen LogP contribution in [0.1, 0.15) is 31.5 Å². The lowest BCUT2D eigenvalue weighted by molar-refractivity contribution is 0.0908. The first kappa shape index (κ1) is 17.0. The van der Waals surface area contributed by atoms with Crippen molar-refractivity contribution in [3.05, 3.63) is 28.0 Å². The van der Waals surface area contributed by atoms with Gasteiger partial charge in [-0.05, 0) is 44.4 Å². The average molecular weight is 358 g/mol. The van der Waals surface area contributed by atoms with Crippen molar-refractivity contribution in [3.8, 4) is 0 Å². The second kappa shape index (κ2) is 7.36. The molecule has 1 aromatic carbocycles. The van der Waals surface area contributed by atoms with Gasteiger partial charge in [0.25, 0.3) is 0 Å². The standard InChI is InChI=1S/C16H21Cl2N3O2/c17-10-7-13-14(8-11(10)18)21(16(9-22)20-13)6-2-3-12-15(23)4-1-5-19-12/h7-8,12,15,19,22-23H,1-6,9H2/t12-,15+/m1/s1. The zero-order valence-corrected chi connectivity index (χ0v) is 14.3. The molecule has 1 aromatic heterocycles. The number of hydrogen-bond acceptors (Lipinski definition) is 4. The van der Waals surface area contributed by atoms with Gasteiger partial charge in [-0.15, -0.1) is 0 Å². The minimum Gasteiger partial charge on any atom is -0.392 e. The summed E-state index contributed by atoms with van der Waals surface area (Å²) in [4.78, 5) is 4.42. The Bertz CT molecular complexity index is 690. The largest absolute Gasteiger partial charge is 0.392 e. The Morgan fingerprint density at radius 2 is 2.09 bits per heavy atom. The van der Waals surface area contributed by atoms with Crippen molar-refractivity contribution in [3.63, 3.8) is 0 Å². The van der Waals surface area contributed by atoms with Crippen molar-refractivity contribution in [2.24, 2.45) is 0 Å². The summed E-state index contributed by atoms with van der Waals surface area (Å²) in [6.45, 7) is 1.55. The second-order valence-electron chi connectivity index (χ2n) is 6.01. The van der Waals surface area contributed by atoms with Gasteiger partial charge in [0.15, 0.2) is 0 Å². The van der Waals surface area contributed by atoms with E-state index in [1.165, 1.54) is 0 Å². The number of fused-ring (bicyclic) bond motifs is 1. The van der Waals surface area contributed by atoms with Crippen LogP contribution in [0.5, 0.6) is 0 Å². The highest BCUT2D eigenvalue weighted by Gasteiger charge is 2.22. The smallest absolute Gasteiger partial charge is 0.135 e. The molecule has 0 spiro atoms. The van der Waals surface area contributed by atoms with Gasteiger partial charge in [-0.25, -0.2) is 4.98 Å². The number of halogens is 2. The molecule has 0 unspecified atom stereocenters. The molecule has 3 rings (SSSR count). The van der Waals surface area contributed by atoms with Crippen LogP contribution in [0, 0.1) is 0 Å². The van der Waals surface area contributed by atoms with Gasteiger partial charge in [0.1, 0.15) is 12.4 Å². The molecule has 3 N–H and O–H groups in total. The molecule has 2 heterocycles. The van der Waals surface area contributed by atoms with Crippen LogP contribution in [0.15, 0.2) is 12.1 Å². The van der Waals surface area contributed by atoms with Gasteiger partial charge >= 0.3 is 0 Å². The summed E-state index contributed by atoms with van der Waals surface area (Å²) in [5, 5.41) is 23.9. The topological polar surface area (TPSA) is 70.3 Å². The van der Waals surface area contributed by atoms with E-state index in [9.17, 15) is 10.2 Å². The maximum absolute atomic E-state index is 10.0. The third-order valence-corrected chi connectivity index (χ3v) is 5.18. The molecule has 1 aliphatic rings. The third kappa shape index (κ3) is 3.64. The number of aliphatic hydroxyl groups excluding tert-OH is 2. The van der Waals surface area contributed by atoms with E-state index in [2.05, 4.69) is 10.3 Å². The summed E-state index contributed by atoms with van der Waals surface area (Å²) in [6, 6.07) is 3.66. The van der Waals surface area contributed by atoms with Crippen LogP contribution >= 0.6 is 23.2 Å². The molecule has 1 aliphatic heterocycles. The Hall–Kier alpha value is -0.850. The second-order valence-corrected chi connectivity index (χ2v) is 6.82. The number of benzene rings is 1. The van der Waals surface area contributed by atoms with E-state index in [1.54, 1.807) is 12.1 Å². The molecular formula is C16H21Cl2N3O2. The predicted molar refractivity (Wildman–Crippen MR) is 91.9 cm³/mol. The molecule has 0 bridgehead atoms. The van der Waals surface area contributed by atoms with Gasteiger partial charge in [0, 0.05) is 12.6 Å². The van der Waals surface area contributed by atoms with E-state index in [4.69, 9.17) is 23.2 Å². The summed E-state index contributed by atoms with van der Waals surface area (Å²) in [7, 11) is 0. The van der Waals surface area contributed by atoms with Crippen molar-refractivity contribution >= 4 is 34.2 Å². The lowest BCUT2D eigenvalue weighted by atomic mass is 9.97. The number of hydrogen-bond donors (Lipinski definition) is 3. The summed E-state index contributed by atoms with van der Waals surface area (Å²) in [6.07, 6.45) is 3.38. The summed E-state index contributed by atoms with van der Waals surface area (Å²) >= 11 is 12.1. The van der Waals surface area contributed by atoms with E-state index >= 15 is 0 Å². The van der Waals surface area contributed by atoms with Gasteiger partial charge in [0.05, 0.1) is 27.2 Å². The lowest BCUT2D eigenvalue weighted by Gasteiger charge is -2.29. The van der Waals surface area contributed by atoms with Crippen molar-refractivity contribution in [1.29, 1.82) is 0 Å². The molecule has 0 aliphatic carbocycles. The first-order valence-electron chi connectivity index (χ1n) is 7.96. The Labute approximate surface area is 145 Å². The van der Waals surface area contributed by atoms with Gasteiger partial charge < -0.3 is 20.1 Å². The zero-order valence-electron chi connectivity index (χ0n) is 12.8. The number of aliphatic hydroxyl groups is 2. The van der Waals surface area contributed by atoms with Gasteiger partial charge in [-0.1, -0.05) is 23.2 Å². The van der Waals surface area contributed by atoms with Crippen molar-refractivity contribution in [1.82, 2.24) is 14.9 Å². The van der Waals surface area contributed by atoms with Crippen LogP contribution in [0.2, 0.25) is 10.0 Å². The Morgan fingerprint density at radius 3 is 2.83 bits per heavy atom. The molecule has 126 valence electrons. The number of nitrogens with one attached hydrogen (secondary N) is 1. The molecule has 1 fully saturated rings. The highest BCUT2D eigenvalue weighted by atomic mass is 35.5. The van der Waals surface area contributed by atoms with Crippen molar-refractivity contribution in [2.75, 3.05) is 6.54 Å². The highest BCUT2D eigenvalue weighted by molar-refractivity contribution is 6.42. The number of piperidine rings is 1. The van der Waals surface area contributed by atoms with Crippen LogP contribution in [0.4, 0.5) is 0 Å². The highest BCUT2D eigenvalue weighted by Crippen LogP contribution is 2.28. The molecule has 0 amide bonds. The fourth-order valence-electron chi connectivity index (χ4n) is 3.24. The van der Waals surface area contributed by atoms with Crippen LogP contribution in [-0.2, 0) is 13.2 Å². The molecule has 7 heteroatoms. The molecule has 2 aromatic rings. The molecule has 0 radical (unpaired) electrons. The van der Waals surface area contributed by atoms with Crippen LogP contribution in [0.3, 0.4) is 0 Å². The Morgan fingerprint density at radius 1 is 1.30 bits per heavy atom. The number of imidazole rings is 1. The van der Waals surface area contributed by atoms with E-state index in [0.29, 0.717) is 15.9 Å². The van der Waals surface area contributed by atoms with Crippen molar-refractivity contribution in [2.45, 2.75) is 51.0 Å². The fourth-order valence-corrected chi connectivity index (χ4v) is 3.56. The number of rotatable bonds is 5. The van der Waals surface area contributed by atoms with Crippen molar-refractivity contribution < 1.29 is 10.2 Å². The quantitative estimate of drug-likeness (QED) is 0.769. The maximum Gasteiger partial charge on any atom is 0.135 e. The van der Waals surface area contributed by atoms with Crippen LogP contribution in [-0.4, -0.2) is 38.5 Å². The normalized spacial score (nSPS) is 21.9. The summed E-state index contributed by atoms with van der Waals surface area (Å²) in [5.74, 6) is 0.607. The maximum atomic E-state index is 10.0. The van der Waals surface area contributed by atoms with E-state index in [1.807, 2.05) is 4.57 Å². The Balaban J connectivity index is 1.75. The van der Waals surface area contributed by atoms with Crippen LogP contribution < -0.4 is 5.32 Å². The third-order valence-electron chi connectivity index (χ3n) is 4.46. The average Bonchev–Trinajstić information content (AvgIpc) is 2.87. The van der Waals surface area contributed by atoms with Crippen LogP contribution in [0.25, 0.3) is 11.0 Å². The molecule has 23 heavy (non-hydrogen) atoms. The van der Waals surface area contributed by atoms with Gasteiger partial charge in [0.2, 0.25) is 0 Å². The Kier molecular flexibility index (Phi) is 5.44. The molecule has 5 nitrogen and oxygen atoms in total. The minimum absolute atomic E-state index is 0.131. The monoisotopic (exact) mass is 357 g/mol. The number of nitrogens with zero attached hydrogens (tertiary/aromatic N) is 2. The molecule has 2 atom stereocenters. The first-order chi connectivity index (χ1) is 11.1. The minimum atomic E-state index is -0.270. The SMILES string of the molecule is OCc1nc2cc(Cl)c(Cl)cc2n1CCC[C@H]1NCCC[C@@H]1O. The van der Waals surface area contributed by atoms with E-state index in [0.717, 1.165) is 49.8 Å². The summed E-state index contributed by atoms with van der Waals surface area (Å²) in [5.41, 5.74) is 1.61. The molecular weight excluding hydrogens is 337 g/mol. The van der Waals surface area contributed by atoms with Gasteiger partial charge in [-0.2, -0.15) is 0 Å². The molecule has 1 saturated heterocycles. The zero-order chi connectivity index (χ0) is 16.4. The predicted octanol–water partition coefficient (Wildman–Crippen LogP) is 2.73. The van der Waals surface area contributed by atoms with E-state index < -0.39 is 0 Å². The number of aryl methyl sites for hydroxylation is 1. The summed E-state index contributed by atoms with van der Waals surface area (Å²) < 4.78 is 1.98. The number of aromatic nitrogens is 2. The van der Waals surface area contributed by atoms with E-state index in [-0.39, 0.29) is 18.8 Å². The lowest BCUT2D eigenvalue weighted by Crippen LogP contribution is -2.44. The first-order valence-corrected chi connectivity index (χ1v) is 8.72.